The Kier molecular flexibility index (Phi) is 2.21. The average Bonchev–Trinajstić information content (AvgIpc) is 2.26. The first kappa shape index (κ1) is 10.9. The Morgan fingerprint density at radius 1 is 0.667 bits per heavy atom. The van der Waals surface area contributed by atoms with Crippen LogP contribution in [0.4, 0.5) is 9.59 Å². The molecule has 3 heterocycles. The van der Waals surface area contributed by atoms with E-state index in [1.807, 2.05) is 0 Å². The van der Waals surface area contributed by atoms with E-state index >= 15 is 0 Å². The molecule has 0 bridgehead atoms. The van der Waals surface area contributed by atoms with Gasteiger partial charge in [0.15, 0.2) is 0 Å². The van der Waals surface area contributed by atoms with Gasteiger partial charge in [0.25, 0.3) is 0 Å². The van der Waals surface area contributed by atoms with Gasteiger partial charge < -0.3 is 10.6 Å². The number of carbonyl (C=O) groups excluding carboxylic acids is 4. The molecule has 6 N–H and O–H groups in total. The topological polar surface area (TPSA) is 140 Å². The summed E-state index contributed by atoms with van der Waals surface area (Å²) in [6.45, 7) is 0. The van der Waals surface area contributed by atoms with Gasteiger partial charge in [0.05, 0.1) is 0 Å². The lowest BCUT2D eigenvalue weighted by Crippen LogP contribution is -2.83. The Morgan fingerprint density at radius 3 is 1.56 bits per heavy atom. The molecule has 3 aliphatic rings. The number of rotatable bonds is 0. The number of piperazine rings is 1. The molecule has 3 saturated heterocycles. The highest BCUT2D eigenvalue weighted by atomic mass is 16.2. The monoisotopic (exact) mass is 254 g/mol. The predicted molar refractivity (Wildman–Crippen MR) is 54.8 cm³/mol. The van der Waals surface area contributed by atoms with Crippen LogP contribution >= 0.6 is 0 Å². The van der Waals surface area contributed by atoms with Gasteiger partial charge in [0, 0.05) is 0 Å². The normalized spacial score (nSPS) is 38.7. The predicted octanol–water partition coefficient (Wildman–Crippen LogP) is -3.75. The second-order valence-electron chi connectivity index (χ2n) is 4.17. The minimum atomic E-state index is -0.773. The van der Waals surface area contributed by atoms with E-state index in [-0.39, 0.29) is 0 Å². The van der Waals surface area contributed by atoms with Crippen LogP contribution in [0.1, 0.15) is 0 Å². The highest BCUT2D eigenvalue weighted by molar-refractivity contribution is 6.03. The smallest absolute Gasteiger partial charge is 0.320 e. The second kappa shape index (κ2) is 3.65. The van der Waals surface area contributed by atoms with Crippen molar-refractivity contribution in [3.05, 3.63) is 0 Å². The third kappa shape index (κ3) is 1.58. The van der Waals surface area contributed by atoms with E-state index in [4.69, 9.17) is 0 Å². The lowest BCUT2D eigenvalue weighted by atomic mass is 10.0. The van der Waals surface area contributed by atoms with E-state index in [9.17, 15) is 19.2 Å². The van der Waals surface area contributed by atoms with E-state index in [2.05, 4.69) is 31.9 Å². The first-order chi connectivity index (χ1) is 8.54. The summed E-state index contributed by atoms with van der Waals surface area (Å²) in [5.41, 5.74) is 0. The molecule has 4 atom stereocenters. The Morgan fingerprint density at radius 2 is 1.11 bits per heavy atom. The van der Waals surface area contributed by atoms with Crippen LogP contribution in [0.15, 0.2) is 0 Å². The van der Waals surface area contributed by atoms with Crippen molar-refractivity contribution in [2.45, 2.75) is 24.4 Å². The molecule has 0 saturated carbocycles. The zero-order chi connectivity index (χ0) is 12.9. The Hall–Kier alpha value is -2.20. The fourth-order valence-corrected chi connectivity index (χ4v) is 2.21. The standard InChI is InChI=1S/C8H10N6O4/c15-5-1-3(11-7(17)13-5)10-4-2(9-1)6(16)14-8(18)12-4/h1-4,9-10H,(H2,11,13,15,17)(H2,12,14,16,18). The van der Waals surface area contributed by atoms with Gasteiger partial charge in [-0.2, -0.15) is 0 Å². The Bertz CT molecular complexity index is 425. The van der Waals surface area contributed by atoms with E-state index in [0.717, 1.165) is 0 Å². The molecule has 0 radical (unpaired) electrons. The van der Waals surface area contributed by atoms with Crippen LogP contribution in [-0.2, 0) is 9.59 Å². The molecule has 0 aromatic carbocycles. The number of amides is 6. The molecule has 3 aliphatic heterocycles. The largest absolute Gasteiger partial charge is 0.322 e. The summed E-state index contributed by atoms with van der Waals surface area (Å²) in [6.07, 6.45) is -1.36. The van der Waals surface area contributed by atoms with Crippen LogP contribution < -0.4 is 31.9 Å². The lowest BCUT2D eigenvalue weighted by Gasteiger charge is -2.45. The minimum Gasteiger partial charge on any atom is -0.320 e. The molecule has 0 aromatic rings. The minimum absolute atomic E-state index is 0.528. The summed E-state index contributed by atoms with van der Waals surface area (Å²) >= 11 is 0. The molecule has 18 heavy (non-hydrogen) atoms. The zero-order valence-electron chi connectivity index (χ0n) is 8.94. The van der Waals surface area contributed by atoms with Crippen molar-refractivity contribution in [3.63, 3.8) is 0 Å². The highest BCUT2D eigenvalue weighted by Crippen LogP contribution is 2.10. The Labute approximate surface area is 100 Å². The van der Waals surface area contributed by atoms with Crippen LogP contribution in [0, 0.1) is 0 Å². The summed E-state index contributed by atoms with van der Waals surface area (Å²) < 4.78 is 0. The van der Waals surface area contributed by atoms with Gasteiger partial charge in [-0.15, -0.1) is 0 Å². The van der Waals surface area contributed by atoms with Gasteiger partial charge in [-0.05, 0) is 0 Å². The number of urea groups is 2. The van der Waals surface area contributed by atoms with Crippen molar-refractivity contribution < 1.29 is 19.2 Å². The summed E-state index contributed by atoms with van der Waals surface area (Å²) in [5, 5.41) is 14.8. The summed E-state index contributed by atoms with van der Waals surface area (Å²) in [6, 6.07) is -2.80. The van der Waals surface area contributed by atoms with Gasteiger partial charge in [-0.25, -0.2) is 9.59 Å². The summed E-state index contributed by atoms with van der Waals surface area (Å²) in [7, 11) is 0. The summed E-state index contributed by atoms with van der Waals surface area (Å²) in [5.74, 6) is -1.06. The maximum absolute atomic E-state index is 11.6. The summed E-state index contributed by atoms with van der Waals surface area (Å²) in [4.78, 5) is 45.5. The quantitative estimate of drug-likeness (QED) is 0.262. The van der Waals surface area contributed by atoms with Crippen molar-refractivity contribution >= 4 is 23.9 Å². The van der Waals surface area contributed by atoms with Crippen LogP contribution in [0.5, 0.6) is 0 Å². The molecular formula is C8H10N6O4. The molecule has 96 valence electrons. The molecule has 3 rings (SSSR count). The van der Waals surface area contributed by atoms with Crippen LogP contribution in [0.2, 0.25) is 0 Å². The van der Waals surface area contributed by atoms with Gasteiger partial charge in [-0.1, -0.05) is 0 Å². The van der Waals surface area contributed by atoms with Gasteiger partial charge in [0.1, 0.15) is 24.4 Å². The average molecular weight is 254 g/mol. The molecule has 4 unspecified atom stereocenters. The maximum atomic E-state index is 11.6. The number of nitrogens with one attached hydrogen (secondary N) is 6. The second-order valence-corrected chi connectivity index (χ2v) is 4.17. The van der Waals surface area contributed by atoms with Gasteiger partial charge in [0.2, 0.25) is 11.8 Å². The molecule has 3 fully saturated rings. The van der Waals surface area contributed by atoms with Gasteiger partial charge >= 0.3 is 12.1 Å². The third-order valence-electron chi connectivity index (χ3n) is 3.00. The number of hydrogen-bond acceptors (Lipinski definition) is 6. The molecule has 0 spiro atoms. The lowest BCUT2D eigenvalue weighted by molar-refractivity contribution is -0.129. The molecule has 10 heteroatoms. The van der Waals surface area contributed by atoms with E-state index in [1.165, 1.54) is 0 Å². The van der Waals surface area contributed by atoms with Crippen LogP contribution in [-0.4, -0.2) is 48.3 Å². The molecular weight excluding hydrogens is 244 g/mol. The SMILES string of the molecule is O=C1NC(=O)C2NC3C(=O)NC(=O)NC3NC2N1. The Balaban J connectivity index is 1.83. The van der Waals surface area contributed by atoms with Crippen LogP contribution in [0.25, 0.3) is 0 Å². The zero-order valence-corrected chi connectivity index (χ0v) is 8.94. The number of fused-ring (bicyclic) bond motifs is 2. The highest BCUT2D eigenvalue weighted by Gasteiger charge is 2.48. The van der Waals surface area contributed by atoms with Crippen molar-refractivity contribution in [2.75, 3.05) is 0 Å². The van der Waals surface area contributed by atoms with Gasteiger partial charge in [-0.3, -0.25) is 30.9 Å². The molecule has 0 aromatic heterocycles. The van der Waals surface area contributed by atoms with E-state index in [1.54, 1.807) is 0 Å². The fraction of sp³-hybridized carbons (Fsp3) is 0.500. The first-order valence-electron chi connectivity index (χ1n) is 5.29. The van der Waals surface area contributed by atoms with Crippen molar-refractivity contribution in [3.8, 4) is 0 Å². The number of imide groups is 2. The first-order valence-corrected chi connectivity index (χ1v) is 5.29. The fourth-order valence-electron chi connectivity index (χ4n) is 2.21. The van der Waals surface area contributed by atoms with Crippen LogP contribution in [0.3, 0.4) is 0 Å². The maximum Gasteiger partial charge on any atom is 0.322 e. The van der Waals surface area contributed by atoms with Crippen molar-refractivity contribution in [2.24, 2.45) is 0 Å². The molecule has 0 aliphatic carbocycles. The van der Waals surface area contributed by atoms with Crippen molar-refractivity contribution in [1.82, 2.24) is 31.9 Å². The molecule has 6 amide bonds. The molecule has 10 nitrogen and oxygen atoms in total. The van der Waals surface area contributed by atoms with E-state index in [0.29, 0.717) is 0 Å². The number of hydrogen-bond donors (Lipinski definition) is 6. The third-order valence-corrected chi connectivity index (χ3v) is 3.00. The number of carbonyl (C=O) groups is 4. The van der Waals surface area contributed by atoms with Crippen molar-refractivity contribution in [1.29, 1.82) is 0 Å². The van der Waals surface area contributed by atoms with E-state index < -0.39 is 48.3 Å².